The van der Waals surface area contributed by atoms with Gasteiger partial charge >= 0.3 is 0 Å². The number of anilines is 1. The van der Waals surface area contributed by atoms with E-state index in [4.69, 9.17) is 5.84 Å². The molecule has 0 aliphatic carbocycles. The highest BCUT2D eigenvalue weighted by Crippen LogP contribution is 2.24. The number of carbonyl (C=O) groups is 1. The third kappa shape index (κ3) is 3.28. The van der Waals surface area contributed by atoms with Crippen LogP contribution < -0.4 is 11.3 Å². The summed E-state index contributed by atoms with van der Waals surface area (Å²) in [7, 11) is -3.13. The molecular formula is C11H14N4O5S. The second-order valence-electron chi connectivity index (χ2n) is 4.58. The van der Waals surface area contributed by atoms with Gasteiger partial charge in [-0.3, -0.25) is 20.8 Å². The number of nitrogen functional groups attached to an aromatic ring is 1. The van der Waals surface area contributed by atoms with Gasteiger partial charge in [0.1, 0.15) is 5.56 Å². The minimum Gasteiger partial charge on any atom is -0.336 e. The van der Waals surface area contributed by atoms with E-state index in [1.807, 2.05) is 0 Å². The van der Waals surface area contributed by atoms with Gasteiger partial charge in [0.25, 0.3) is 11.6 Å². The molecule has 2 rings (SSSR count). The van der Waals surface area contributed by atoms with E-state index in [0.717, 1.165) is 0 Å². The molecule has 0 radical (unpaired) electrons. The molecule has 114 valence electrons. The molecule has 1 aliphatic heterocycles. The van der Waals surface area contributed by atoms with E-state index in [-0.39, 0.29) is 35.8 Å². The van der Waals surface area contributed by atoms with Gasteiger partial charge in [-0.1, -0.05) is 0 Å². The Balaban J connectivity index is 2.32. The lowest BCUT2D eigenvalue weighted by Gasteiger charge is -2.26. The average molecular weight is 314 g/mol. The van der Waals surface area contributed by atoms with E-state index in [9.17, 15) is 23.3 Å². The molecule has 3 N–H and O–H groups in total. The van der Waals surface area contributed by atoms with Crippen LogP contribution in [0.15, 0.2) is 18.2 Å². The maximum absolute atomic E-state index is 12.4. The zero-order chi connectivity index (χ0) is 15.6. The predicted octanol–water partition coefficient (Wildman–Crippen LogP) is -0.249. The molecule has 1 aromatic carbocycles. The minimum absolute atomic E-state index is 0.0264. The first-order valence-electron chi connectivity index (χ1n) is 6.09. The van der Waals surface area contributed by atoms with Gasteiger partial charge in [0.2, 0.25) is 0 Å². The fourth-order valence-corrected chi connectivity index (χ4v) is 3.24. The Morgan fingerprint density at radius 1 is 1.33 bits per heavy atom. The standard InChI is InChI=1S/C11H14N4O5S/c12-13-8-1-2-10(15(17)18)9(7-8)11(16)14-3-5-21(19,20)6-4-14/h1-2,7,13H,3-6,12H2. The van der Waals surface area contributed by atoms with Gasteiger partial charge < -0.3 is 10.3 Å². The van der Waals surface area contributed by atoms with Gasteiger partial charge in [0, 0.05) is 24.8 Å². The zero-order valence-electron chi connectivity index (χ0n) is 11.0. The SMILES string of the molecule is NNc1ccc([N+](=O)[O-])c(C(=O)N2CCS(=O)(=O)CC2)c1. The molecule has 1 amide bonds. The number of nitrogens with two attached hydrogens (primary N) is 1. The second-order valence-corrected chi connectivity index (χ2v) is 6.88. The molecule has 0 atom stereocenters. The smallest absolute Gasteiger partial charge is 0.282 e. The molecule has 1 saturated heterocycles. The summed E-state index contributed by atoms with van der Waals surface area (Å²) >= 11 is 0. The quantitative estimate of drug-likeness (QED) is 0.446. The first kappa shape index (κ1) is 15.2. The highest BCUT2D eigenvalue weighted by Gasteiger charge is 2.29. The highest BCUT2D eigenvalue weighted by atomic mass is 32.2. The summed E-state index contributed by atoms with van der Waals surface area (Å²) in [5.74, 6) is 4.38. The molecule has 10 heteroatoms. The number of rotatable bonds is 3. The van der Waals surface area contributed by atoms with Crippen LogP contribution in [0.4, 0.5) is 11.4 Å². The molecule has 0 spiro atoms. The van der Waals surface area contributed by atoms with Crippen LogP contribution in [0.2, 0.25) is 0 Å². The third-order valence-corrected chi connectivity index (χ3v) is 4.83. The Kier molecular flexibility index (Phi) is 4.09. The molecule has 21 heavy (non-hydrogen) atoms. The Labute approximate surface area is 120 Å². The van der Waals surface area contributed by atoms with Crippen LogP contribution in [0.1, 0.15) is 10.4 Å². The number of nitrogens with one attached hydrogen (secondary N) is 1. The van der Waals surface area contributed by atoms with Crippen molar-refractivity contribution in [3.63, 3.8) is 0 Å². The Morgan fingerprint density at radius 3 is 2.48 bits per heavy atom. The molecule has 1 aromatic rings. The maximum atomic E-state index is 12.4. The summed E-state index contributed by atoms with van der Waals surface area (Å²) in [6, 6.07) is 3.85. The van der Waals surface area contributed by atoms with E-state index in [1.54, 1.807) is 0 Å². The van der Waals surface area contributed by atoms with Gasteiger partial charge in [-0.25, -0.2) is 8.42 Å². The van der Waals surface area contributed by atoms with Crippen molar-refractivity contribution in [3.8, 4) is 0 Å². The summed E-state index contributed by atoms with van der Waals surface area (Å²) in [6.45, 7) is 0.0528. The monoisotopic (exact) mass is 314 g/mol. The fraction of sp³-hybridized carbons (Fsp3) is 0.364. The van der Waals surface area contributed by atoms with Crippen LogP contribution in [0.25, 0.3) is 0 Å². The van der Waals surface area contributed by atoms with Gasteiger partial charge in [0.15, 0.2) is 9.84 Å². The van der Waals surface area contributed by atoms with E-state index in [2.05, 4.69) is 5.43 Å². The van der Waals surface area contributed by atoms with Crippen molar-refractivity contribution >= 4 is 27.1 Å². The third-order valence-electron chi connectivity index (χ3n) is 3.22. The average Bonchev–Trinajstić information content (AvgIpc) is 2.45. The van der Waals surface area contributed by atoms with Crippen LogP contribution in [-0.4, -0.2) is 48.7 Å². The van der Waals surface area contributed by atoms with E-state index in [0.29, 0.717) is 5.69 Å². The van der Waals surface area contributed by atoms with Crippen molar-refractivity contribution in [1.82, 2.24) is 4.90 Å². The number of hydrogen-bond acceptors (Lipinski definition) is 7. The molecule has 1 fully saturated rings. The second kappa shape index (κ2) is 5.66. The molecule has 9 nitrogen and oxygen atoms in total. The lowest BCUT2D eigenvalue weighted by Crippen LogP contribution is -2.43. The van der Waals surface area contributed by atoms with Gasteiger partial charge in [-0.15, -0.1) is 0 Å². The molecular weight excluding hydrogens is 300 g/mol. The molecule has 0 bridgehead atoms. The first-order valence-corrected chi connectivity index (χ1v) is 7.91. The summed E-state index contributed by atoms with van der Waals surface area (Å²) in [5.41, 5.74) is 2.21. The van der Waals surface area contributed by atoms with Crippen LogP contribution in [-0.2, 0) is 9.84 Å². The van der Waals surface area contributed by atoms with Crippen molar-refractivity contribution in [1.29, 1.82) is 0 Å². The molecule has 1 heterocycles. The number of hydrogen-bond donors (Lipinski definition) is 2. The number of nitrogens with zero attached hydrogens (tertiary/aromatic N) is 2. The maximum Gasteiger partial charge on any atom is 0.282 e. The Morgan fingerprint density at radius 2 is 1.95 bits per heavy atom. The highest BCUT2D eigenvalue weighted by molar-refractivity contribution is 7.91. The van der Waals surface area contributed by atoms with Crippen molar-refractivity contribution in [2.24, 2.45) is 5.84 Å². The summed E-state index contributed by atoms with van der Waals surface area (Å²) in [6.07, 6.45) is 0. The zero-order valence-corrected chi connectivity index (χ0v) is 11.8. The largest absolute Gasteiger partial charge is 0.336 e. The van der Waals surface area contributed by atoms with Crippen LogP contribution in [0, 0.1) is 10.1 Å². The minimum atomic E-state index is -3.13. The molecule has 1 aliphatic rings. The number of amides is 1. The van der Waals surface area contributed by atoms with Crippen molar-refractivity contribution in [2.75, 3.05) is 30.0 Å². The van der Waals surface area contributed by atoms with Gasteiger partial charge in [0.05, 0.1) is 16.4 Å². The predicted molar refractivity (Wildman–Crippen MR) is 75.5 cm³/mol. The summed E-state index contributed by atoms with van der Waals surface area (Å²) in [4.78, 5) is 24.0. The van der Waals surface area contributed by atoms with Crippen LogP contribution in [0.3, 0.4) is 0 Å². The van der Waals surface area contributed by atoms with Crippen molar-refractivity contribution < 1.29 is 18.1 Å². The van der Waals surface area contributed by atoms with Gasteiger partial charge in [-0.2, -0.15) is 0 Å². The molecule has 0 aromatic heterocycles. The number of benzene rings is 1. The normalized spacial score (nSPS) is 17.3. The van der Waals surface area contributed by atoms with E-state index in [1.165, 1.54) is 23.1 Å². The van der Waals surface area contributed by atoms with Gasteiger partial charge in [-0.05, 0) is 12.1 Å². The summed E-state index contributed by atoms with van der Waals surface area (Å²) in [5, 5.41) is 11.0. The van der Waals surface area contributed by atoms with Crippen LogP contribution in [0.5, 0.6) is 0 Å². The van der Waals surface area contributed by atoms with E-state index >= 15 is 0 Å². The number of sulfone groups is 1. The number of nitro groups is 1. The van der Waals surface area contributed by atoms with Crippen molar-refractivity contribution in [2.45, 2.75) is 0 Å². The lowest BCUT2D eigenvalue weighted by atomic mass is 10.1. The number of hydrazine groups is 1. The van der Waals surface area contributed by atoms with E-state index < -0.39 is 20.7 Å². The van der Waals surface area contributed by atoms with Crippen LogP contribution >= 0.6 is 0 Å². The lowest BCUT2D eigenvalue weighted by molar-refractivity contribution is -0.385. The summed E-state index contributed by atoms with van der Waals surface area (Å²) < 4.78 is 22.7. The molecule has 0 saturated carbocycles. The number of nitro benzene ring substituents is 1. The fourth-order valence-electron chi connectivity index (χ4n) is 2.04. The molecule has 0 unspecified atom stereocenters. The van der Waals surface area contributed by atoms with Crippen molar-refractivity contribution in [3.05, 3.63) is 33.9 Å². The number of carbonyl (C=O) groups excluding carboxylic acids is 1. The first-order chi connectivity index (χ1) is 9.84. The Hall–Kier alpha value is -2.20. The topological polar surface area (TPSA) is 136 Å². The Bertz CT molecular complexity index is 674.